The minimum Gasteiger partial charge on any atom is -0.286 e. The number of benzene rings is 2. The van der Waals surface area contributed by atoms with Crippen LogP contribution >= 0.6 is 35.7 Å². The molecule has 4 aromatic rings. The average molecular weight is 502 g/mol. The fourth-order valence-electron chi connectivity index (χ4n) is 3.71. The van der Waals surface area contributed by atoms with Gasteiger partial charge >= 0.3 is 0 Å². The number of rotatable bonds is 5. The number of nitrogens with zero attached hydrogens (tertiary/aromatic N) is 3. The zero-order chi connectivity index (χ0) is 23.7. The SMILES string of the molecule is C[C@@H](c1ccccc1)N1C(=O)/C(=C/c2c(Sc3ccccc3)nc3ccccn3c2=O)SC1=S. The van der Waals surface area contributed by atoms with Crippen LogP contribution in [0.5, 0.6) is 0 Å². The van der Waals surface area contributed by atoms with E-state index in [1.54, 1.807) is 29.3 Å². The first kappa shape index (κ1) is 22.6. The van der Waals surface area contributed by atoms with Gasteiger partial charge in [0.05, 0.1) is 16.5 Å². The summed E-state index contributed by atoms with van der Waals surface area (Å²) in [6.45, 7) is 1.95. The molecule has 8 heteroatoms. The van der Waals surface area contributed by atoms with Gasteiger partial charge in [-0.2, -0.15) is 0 Å². The Morgan fingerprint density at radius 2 is 1.65 bits per heavy atom. The molecule has 0 saturated carbocycles. The molecule has 1 saturated heterocycles. The van der Waals surface area contributed by atoms with Crippen molar-refractivity contribution < 1.29 is 4.79 Å². The number of thioether (sulfide) groups is 1. The predicted molar refractivity (Wildman–Crippen MR) is 142 cm³/mol. The van der Waals surface area contributed by atoms with Gasteiger partial charge < -0.3 is 0 Å². The summed E-state index contributed by atoms with van der Waals surface area (Å²) in [5.41, 5.74) is 1.68. The van der Waals surface area contributed by atoms with Crippen LogP contribution in [0.2, 0.25) is 0 Å². The lowest BCUT2D eigenvalue weighted by Gasteiger charge is -2.23. The Labute approximate surface area is 210 Å². The number of thiocarbonyl (C=S) groups is 1. The lowest BCUT2D eigenvalue weighted by Crippen LogP contribution is -2.31. The molecule has 1 amide bonds. The van der Waals surface area contributed by atoms with E-state index in [2.05, 4.69) is 0 Å². The molecule has 0 bridgehead atoms. The van der Waals surface area contributed by atoms with Gasteiger partial charge in [0.2, 0.25) is 0 Å². The number of amides is 1. The van der Waals surface area contributed by atoms with Gasteiger partial charge in [-0.1, -0.05) is 90.3 Å². The van der Waals surface area contributed by atoms with E-state index >= 15 is 0 Å². The summed E-state index contributed by atoms with van der Waals surface area (Å²) in [6, 6.07) is 24.7. The van der Waals surface area contributed by atoms with Gasteiger partial charge in [0.25, 0.3) is 11.5 Å². The van der Waals surface area contributed by atoms with Gasteiger partial charge in [-0.05, 0) is 42.8 Å². The van der Waals surface area contributed by atoms with Crippen LogP contribution in [0.25, 0.3) is 11.7 Å². The summed E-state index contributed by atoms with van der Waals surface area (Å²) in [5.74, 6) is -0.209. The maximum Gasteiger partial charge on any atom is 0.266 e. The molecule has 168 valence electrons. The van der Waals surface area contributed by atoms with Gasteiger partial charge in [-0.15, -0.1) is 0 Å². The van der Waals surface area contributed by atoms with Crippen LogP contribution in [0.4, 0.5) is 0 Å². The summed E-state index contributed by atoms with van der Waals surface area (Å²) in [4.78, 5) is 34.6. The zero-order valence-electron chi connectivity index (χ0n) is 18.1. The molecule has 34 heavy (non-hydrogen) atoms. The fraction of sp³-hybridized carbons (Fsp3) is 0.0769. The predicted octanol–water partition coefficient (Wildman–Crippen LogP) is 5.81. The van der Waals surface area contributed by atoms with Gasteiger partial charge in [0.15, 0.2) is 0 Å². The number of pyridine rings is 1. The van der Waals surface area contributed by atoms with Crippen molar-refractivity contribution in [3.63, 3.8) is 0 Å². The molecule has 1 fully saturated rings. The zero-order valence-corrected chi connectivity index (χ0v) is 20.6. The standard InChI is InChI=1S/C26H19N3O2S3/c1-17(18-10-4-2-5-11-18)29-25(31)21(34-26(29)32)16-20-23(33-19-12-6-3-7-13-19)27-22-14-8-9-15-28(22)24(20)30/h2-17H,1H3/b21-16-/t17-/m0/s1. The molecule has 0 radical (unpaired) electrons. The van der Waals surface area contributed by atoms with Gasteiger partial charge in [-0.3, -0.25) is 18.9 Å². The van der Waals surface area contributed by atoms with E-state index in [0.717, 1.165) is 10.5 Å². The number of carbonyl (C=O) groups excluding carboxylic acids is 1. The van der Waals surface area contributed by atoms with Crippen LogP contribution in [0.1, 0.15) is 24.1 Å². The molecular formula is C26H19N3O2S3. The highest BCUT2D eigenvalue weighted by Gasteiger charge is 2.36. The molecule has 2 aromatic heterocycles. The van der Waals surface area contributed by atoms with E-state index in [1.165, 1.54) is 27.9 Å². The van der Waals surface area contributed by atoms with Crippen molar-refractivity contribution in [2.24, 2.45) is 0 Å². The van der Waals surface area contributed by atoms with E-state index in [4.69, 9.17) is 17.2 Å². The second kappa shape index (κ2) is 9.58. The normalized spacial score (nSPS) is 15.9. The Kier molecular flexibility index (Phi) is 6.36. The van der Waals surface area contributed by atoms with Crippen molar-refractivity contribution in [2.45, 2.75) is 22.9 Å². The number of carbonyl (C=O) groups is 1. The topological polar surface area (TPSA) is 54.7 Å². The van der Waals surface area contributed by atoms with Crippen molar-refractivity contribution in [3.8, 4) is 0 Å². The lowest BCUT2D eigenvalue weighted by atomic mass is 10.1. The summed E-state index contributed by atoms with van der Waals surface area (Å²) < 4.78 is 1.97. The van der Waals surface area contributed by atoms with Crippen molar-refractivity contribution in [1.82, 2.24) is 14.3 Å². The molecule has 0 aliphatic carbocycles. The van der Waals surface area contributed by atoms with Crippen LogP contribution in [0, 0.1) is 0 Å². The average Bonchev–Trinajstić information content (AvgIpc) is 3.14. The highest BCUT2D eigenvalue weighted by Crippen LogP contribution is 2.39. The smallest absolute Gasteiger partial charge is 0.266 e. The van der Waals surface area contributed by atoms with Gasteiger partial charge in [0.1, 0.15) is 15.0 Å². The lowest BCUT2D eigenvalue weighted by molar-refractivity contribution is -0.123. The molecule has 2 aromatic carbocycles. The van der Waals surface area contributed by atoms with Crippen LogP contribution in [-0.2, 0) is 4.79 Å². The molecule has 5 nitrogen and oxygen atoms in total. The quantitative estimate of drug-likeness (QED) is 0.195. The monoisotopic (exact) mass is 501 g/mol. The fourth-order valence-corrected chi connectivity index (χ4v) is 6.02. The van der Waals surface area contributed by atoms with E-state index in [0.29, 0.717) is 25.5 Å². The van der Waals surface area contributed by atoms with E-state index < -0.39 is 0 Å². The Morgan fingerprint density at radius 1 is 0.971 bits per heavy atom. The van der Waals surface area contributed by atoms with Crippen molar-refractivity contribution in [3.05, 3.63) is 111 Å². The van der Waals surface area contributed by atoms with Crippen molar-refractivity contribution >= 4 is 57.7 Å². The van der Waals surface area contributed by atoms with Gasteiger partial charge in [0, 0.05) is 11.1 Å². The number of aromatic nitrogens is 2. The molecular weight excluding hydrogens is 483 g/mol. The van der Waals surface area contributed by atoms with Crippen LogP contribution in [-0.4, -0.2) is 24.5 Å². The molecule has 1 aliphatic rings. The summed E-state index contributed by atoms with van der Waals surface area (Å²) in [5, 5.41) is 0.545. The highest BCUT2D eigenvalue weighted by molar-refractivity contribution is 8.26. The summed E-state index contributed by atoms with van der Waals surface area (Å²) in [7, 11) is 0. The Hall–Kier alpha value is -3.20. The minimum atomic E-state index is -0.231. The molecule has 0 N–H and O–H groups in total. The Balaban J connectivity index is 1.58. The second-order valence-electron chi connectivity index (χ2n) is 7.62. The molecule has 3 heterocycles. The third kappa shape index (κ3) is 4.32. The third-order valence-corrected chi connectivity index (χ3v) is 7.80. The maximum atomic E-state index is 13.5. The Morgan fingerprint density at radius 3 is 2.38 bits per heavy atom. The van der Waals surface area contributed by atoms with E-state index in [-0.39, 0.29) is 17.5 Å². The van der Waals surface area contributed by atoms with E-state index in [1.807, 2.05) is 73.7 Å². The van der Waals surface area contributed by atoms with Crippen LogP contribution in [0.15, 0.2) is 105 Å². The number of fused-ring (bicyclic) bond motifs is 1. The first-order valence-electron chi connectivity index (χ1n) is 10.6. The molecule has 0 unspecified atom stereocenters. The first-order chi connectivity index (χ1) is 16.5. The summed E-state index contributed by atoms with van der Waals surface area (Å²) >= 11 is 8.17. The first-order valence-corrected chi connectivity index (χ1v) is 12.6. The largest absolute Gasteiger partial charge is 0.286 e. The maximum absolute atomic E-state index is 13.5. The van der Waals surface area contributed by atoms with Gasteiger partial charge in [-0.25, -0.2) is 4.98 Å². The van der Waals surface area contributed by atoms with Crippen LogP contribution in [0.3, 0.4) is 0 Å². The minimum absolute atomic E-state index is 0.209. The third-order valence-electron chi connectivity index (χ3n) is 5.46. The van der Waals surface area contributed by atoms with E-state index in [9.17, 15) is 9.59 Å². The van der Waals surface area contributed by atoms with Crippen molar-refractivity contribution in [2.75, 3.05) is 0 Å². The molecule has 5 rings (SSSR count). The van der Waals surface area contributed by atoms with Crippen molar-refractivity contribution in [1.29, 1.82) is 0 Å². The van der Waals surface area contributed by atoms with Crippen LogP contribution < -0.4 is 5.56 Å². The number of hydrogen-bond acceptors (Lipinski definition) is 6. The summed E-state index contributed by atoms with van der Waals surface area (Å²) in [6.07, 6.45) is 3.32. The molecule has 0 spiro atoms. The Bertz CT molecular complexity index is 1480. The second-order valence-corrected chi connectivity index (χ2v) is 10.4. The molecule has 1 aliphatic heterocycles. The molecule has 1 atom stereocenters. The number of hydrogen-bond donors (Lipinski definition) is 0. The highest BCUT2D eigenvalue weighted by atomic mass is 32.2.